The van der Waals surface area contributed by atoms with E-state index in [1.807, 2.05) is 12.1 Å². The van der Waals surface area contributed by atoms with Gasteiger partial charge in [0.15, 0.2) is 0 Å². The highest BCUT2D eigenvalue weighted by atomic mass is 19.1. The second kappa shape index (κ2) is 7.01. The Kier molecular flexibility index (Phi) is 5.34. The fraction of sp³-hybridized carbons (Fsp3) is 0.625. The van der Waals surface area contributed by atoms with Gasteiger partial charge in [-0.25, -0.2) is 4.39 Å². The molecule has 1 aromatic rings. The van der Waals surface area contributed by atoms with Crippen LogP contribution in [0, 0.1) is 5.82 Å². The Morgan fingerprint density at radius 3 is 2.68 bits per heavy atom. The van der Waals surface area contributed by atoms with Crippen molar-refractivity contribution in [2.45, 2.75) is 44.7 Å². The van der Waals surface area contributed by atoms with Crippen LogP contribution in [0.3, 0.4) is 0 Å². The van der Waals surface area contributed by atoms with Crippen LogP contribution in [0.25, 0.3) is 0 Å². The Hall–Kier alpha value is -0.930. The average Bonchev–Trinajstić information content (AvgIpc) is 2.42. The minimum Gasteiger partial charge on any atom is -0.313 e. The van der Waals surface area contributed by atoms with E-state index in [1.54, 1.807) is 12.1 Å². The molecule has 1 fully saturated rings. The van der Waals surface area contributed by atoms with Crippen molar-refractivity contribution in [3.63, 3.8) is 0 Å². The number of likely N-dealkylation sites (N-methyl/N-ethyl adjacent to an activating group) is 1. The summed E-state index contributed by atoms with van der Waals surface area (Å²) < 4.78 is 12.9. The number of nitrogens with one attached hydrogen (secondary N) is 1. The Morgan fingerprint density at radius 1 is 1.32 bits per heavy atom. The Labute approximate surface area is 116 Å². The minimum absolute atomic E-state index is 0.156. The summed E-state index contributed by atoms with van der Waals surface area (Å²) in [7, 11) is 2.18. The molecule has 1 aliphatic heterocycles. The summed E-state index contributed by atoms with van der Waals surface area (Å²) >= 11 is 0. The third kappa shape index (κ3) is 4.59. The number of hydrogen-bond donors (Lipinski definition) is 1. The van der Waals surface area contributed by atoms with Crippen LogP contribution in [0.15, 0.2) is 24.3 Å². The molecule has 2 rings (SSSR count). The number of nitrogens with zero attached hydrogens (tertiary/aromatic N) is 1. The number of benzene rings is 1. The van der Waals surface area contributed by atoms with E-state index in [0.717, 1.165) is 19.5 Å². The molecule has 2 atom stereocenters. The molecule has 1 aliphatic rings. The van der Waals surface area contributed by atoms with E-state index in [9.17, 15) is 4.39 Å². The molecule has 2 nitrogen and oxygen atoms in total. The van der Waals surface area contributed by atoms with Crippen molar-refractivity contribution in [1.82, 2.24) is 10.2 Å². The monoisotopic (exact) mass is 264 g/mol. The van der Waals surface area contributed by atoms with Crippen LogP contribution >= 0.6 is 0 Å². The van der Waals surface area contributed by atoms with Crippen LogP contribution in [-0.2, 0) is 6.42 Å². The summed E-state index contributed by atoms with van der Waals surface area (Å²) in [6, 6.07) is 7.98. The molecular formula is C16H25FN2. The summed E-state index contributed by atoms with van der Waals surface area (Å²) in [5.41, 5.74) is 1.21. The van der Waals surface area contributed by atoms with Crippen LogP contribution < -0.4 is 5.32 Å². The SMILES string of the molecule is CC(Cc1ccc(F)cc1)N(C)CC1CCCCN1. The Bertz CT molecular complexity index is 371. The van der Waals surface area contributed by atoms with Gasteiger partial charge in [-0.05, 0) is 57.5 Å². The lowest BCUT2D eigenvalue weighted by atomic mass is 10.0. The van der Waals surface area contributed by atoms with E-state index >= 15 is 0 Å². The van der Waals surface area contributed by atoms with E-state index in [-0.39, 0.29) is 5.82 Å². The molecule has 1 heterocycles. The number of rotatable bonds is 5. The maximum Gasteiger partial charge on any atom is 0.123 e. The summed E-state index contributed by atoms with van der Waals surface area (Å²) in [6.45, 7) is 4.50. The Balaban J connectivity index is 1.81. The molecular weight excluding hydrogens is 239 g/mol. The normalized spacial score (nSPS) is 21.6. The fourth-order valence-electron chi connectivity index (χ4n) is 2.72. The summed E-state index contributed by atoms with van der Waals surface area (Å²) in [6.07, 6.45) is 4.92. The van der Waals surface area contributed by atoms with Crippen LogP contribution in [0.2, 0.25) is 0 Å². The van der Waals surface area contributed by atoms with Crippen molar-refractivity contribution in [2.24, 2.45) is 0 Å². The van der Waals surface area contributed by atoms with E-state index in [0.29, 0.717) is 12.1 Å². The topological polar surface area (TPSA) is 15.3 Å². The van der Waals surface area contributed by atoms with Gasteiger partial charge in [0.2, 0.25) is 0 Å². The molecule has 0 aliphatic carbocycles. The molecule has 3 heteroatoms. The highest BCUT2D eigenvalue weighted by molar-refractivity contribution is 5.17. The molecule has 1 aromatic carbocycles. The Morgan fingerprint density at radius 2 is 2.05 bits per heavy atom. The second-order valence-electron chi connectivity index (χ2n) is 5.77. The quantitative estimate of drug-likeness (QED) is 0.880. The maximum absolute atomic E-state index is 12.9. The van der Waals surface area contributed by atoms with Crippen molar-refractivity contribution in [2.75, 3.05) is 20.1 Å². The van der Waals surface area contributed by atoms with E-state index in [1.165, 1.54) is 24.8 Å². The fourth-order valence-corrected chi connectivity index (χ4v) is 2.72. The molecule has 0 spiro atoms. The zero-order valence-corrected chi connectivity index (χ0v) is 12.0. The molecule has 1 N–H and O–H groups in total. The van der Waals surface area contributed by atoms with Crippen molar-refractivity contribution in [1.29, 1.82) is 0 Å². The van der Waals surface area contributed by atoms with Gasteiger partial charge < -0.3 is 10.2 Å². The van der Waals surface area contributed by atoms with Gasteiger partial charge in [0.25, 0.3) is 0 Å². The largest absolute Gasteiger partial charge is 0.313 e. The number of halogens is 1. The molecule has 1 saturated heterocycles. The van der Waals surface area contributed by atoms with Gasteiger partial charge in [-0.1, -0.05) is 18.6 Å². The molecule has 19 heavy (non-hydrogen) atoms. The maximum atomic E-state index is 12.9. The molecule has 0 radical (unpaired) electrons. The van der Waals surface area contributed by atoms with Crippen LogP contribution in [-0.4, -0.2) is 37.1 Å². The highest BCUT2D eigenvalue weighted by Gasteiger charge is 2.17. The van der Waals surface area contributed by atoms with Gasteiger partial charge in [-0.3, -0.25) is 0 Å². The third-order valence-electron chi connectivity index (χ3n) is 4.12. The van der Waals surface area contributed by atoms with Crippen LogP contribution in [0.1, 0.15) is 31.7 Å². The van der Waals surface area contributed by atoms with Crippen LogP contribution in [0.5, 0.6) is 0 Å². The second-order valence-corrected chi connectivity index (χ2v) is 5.77. The lowest BCUT2D eigenvalue weighted by molar-refractivity contribution is 0.212. The van der Waals surface area contributed by atoms with Crippen molar-refractivity contribution in [3.05, 3.63) is 35.6 Å². The molecule has 0 aromatic heterocycles. The lowest BCUT2D eigenvalue weighted by Crippen LogP contribution is -2.45. The van der Waals surface area contributed by atoms with Gasteiger partial charge in [0.1, 0.15) is 5.82 Å². The highest BCUT2D eigenvalue weighted by Crippen LogP contribution is 2.12. The van der Waals surface area contributed by atoms with E-state index < -0.39 is 0 Å². The number of hydrogen-bond acceptors (Lipinski definition) is 2. The van der Waals surface area contributed by atoms with Crippen LogP contribution in [0.4, 0.5) is 4.39 Å². The van der Waals surface area contributed by atoms with Gasteiger partial charge in [0.05, 0.1) is 0 Å². The summed E-state index contributed by atoms with van der Waals surface area (Å²) in [5, 5.41) is 3.58. The molecule has 0 amide bonds. The van der Waals surface area contributed by atoms with Gasteiger partial charge >= 0.3 is 0 Å². The first kappa shape index (κ1) is 14.5. The minimum atomic E-state index is -0.156. The average molecular weight is 264 g/mol. The summed E-state index contributed by atoms with van der Waals surface area (Å²) in [4.78, 5) is 2.41. The zero-order valence-electron chi connectivity index (χ0n) is 12.0. The first-order chi connectivity index (χ1) is 9.15. The first-order valence-electron chi connectivity index (χ1n) is 7.33. The van der Waals surface area contributed by atoms with E-state index in [2.05, 4.69) is 24.2 Å². The van der Waals surface area contributed by atoms with E-state index in [4.69, 9.17) is 0 Å². The van der Waals surface area contributed by atoms with Gasteiger partial charge in [-0.15, -0.1) is 0 Å². The first-order valence-corrected chi connectivity index (χ1v) is 7.33. The lowest BCUT2D eigenvalue weighted by Gasteiger charge is -2.31. The van der Waals surface area contributed by atoms with Gasteiger partial charge in [-0.2, -0.15) is 0 Å². The molecule has 2 unspecified atom stereocenters. The van der Waals surface area contributed by atoms with Crippen molar-refractivity contribution >= 4 is 0 Å². The molecule has 0 bridgehead atoms. The smallest absolute Gasteiger partial charge is 0.123 e. The van der Waals surface area contributed by atoms with Gasteiger partial charge in [0, 0.05) is 18.6 Å². The predicted molar refractivity (Wildman–Crippen MR) is 77.8 cm³/mol. The molecule has 106 valence electrons. The van der Waals surface area contributed by atoms with Crippen molar-refractivity contribution in [3.8, 4) is 0 Å². The van der Waals surface area contributed by atoms with Crippen molar-refractivity contribution < 1.29 is 4.39 Å². The summed E-state index contributed by atoms with van der Waals surface area (Å²) in [5.74, 6) is -0.156. The zero-order chi connectivity index (χ0) is 13.7. The standard InChI is InChI=1S/C16H25FN2/c1-13(11-14-6-8-15(17)9-7-14)19(2)12-16-5-3-4-10-18-16/h6-9,13,16,18H,3-5,10-12H2,1-2H3. The predicted octanol–water partition coefficient (Wildman–Crippen LogP) is 2.83. The molecule has 0 saturated carbocycles. The third-order valence-corrected chi connectivity index (χ3v) is 4.12. The number of piperidine rings is 1.